The highest BCUT2D eigenvalue weighted by Gasteiger charge is 2.37. The number of carbonyl (C=O) groups excluding carboxylic acids is 1. The third-order valence-corrected chi connectivity index (χ3v) is 5.74. The van der Waals surface area contributed by atoms with Crippen LogP contribution in [0.1, 0.15) is 11.6 Å². The Morgan fingerprint density at radius 2 is 1.57 bits per heavy atom. The molecule has 0 aliphatic carbocycles. The van der Waals surface area contributed by atoms with E-state index in [1.54, 1.807) is 6.07 Å². The summed E-state index contributed by atoms with van der Waals surface area (Å²) in [5.41, 5.74) is 1.95. The normalized spacial score (nSPS) is 19.4. The maximum Gasteiger partial charge on any atom is 0.285 e. The highest BCUT2D eigenvalue weighted by Crippen LogP contribution is 2.26. The van der Waals surface area contributed by atoms with E-state index >= 15 is 0 Å². The number of morpholine rings is 1. The van der Waals surface area contributed by atoms with E-state index in [0.717, 1.165) is 37.4 Å². The lowest BCUT2D eigenvalue weighted by Crippen LogP contribution is -3.16. The number of nitrogens with one attached hydrogen (secondary N) is 1. The number of anilines is 1. The number of phenols is 1. The Morgan fingerprint density at radius 1 is 0.929 bits per heavy atom. The predicted molar refractivity (Wildman–Crippen MR) is 108 cm³/mol. The summed E-state index contributed by atoms with van der Waals surface area (Å²) in [6.45, 7) is 5.89. The zero-order valence-electron chi connectivity index (χ0n) is 16.1. The van der Waals surface area contributed by atoms with Crippen LogP contribution in [-0.4, -0.2) is 68.4 Å². The van der Waals surface area contributed by atoms with Gasteiger partial charge < -0.3 is 24.5 Å². The number of para-hydroxylation sites is 2. The van der Waals surface area contributed by atoms with Crippen molar-refractivity contribution < 1.29 is 19.5 Å². The monoisotopic (exact) mass is 382 g/mol. The minimum Gasteiger partial charge on any atom is -0.506 e. The number of carbonyl (C=O) groups is 1. The second-order valence-corrected chi connectivity index (χ2v) is 7.42. The molecule has 2 aliphatic heterocycles. The largest absolute Gasteiger partial charge is 0.506 e. The van der Waals surface area contributed by atoms with Gasteiger partial charge in [-0.25, -0.2) is 0 Å². The predicted octanol–water partition coefficient (Wildman–Crippen LogP) is 0.697. The van der Waals surface area contributed by atoms with Crippen LogP contribution < -0.4 is 9.80 Å². The Kier molecular flexibility index (Phi) is 5.78. The van der Waals surface area contributed by atoms with Gasteiger partial charge in [0.2, 0.25) is 0 Å². The molecule has 2 heterocycles. The van der Waals surface area contributed by atoms with Gasteiger partial charge in [0, 0.05) is 18.7 Å². The third kappa shape index (κ3) is 3.98. The Morgan fingerprint density at radius 3 is 2.25 bits per heavy atom. The summed E-state index contributed by atoms with van der Waals surface area (Å²) >= 11 is 0. The van der Waals surface area contributed by atoms with E-state index in [1.165, 1.54) is 4.90 Å². The van der Waals surface area contributed by atoms with E-state index in [4.69, 9.17) is 4.74 Å². The van der Waals surface area contributed by atoms with Crippen molar-refractivity contribution in [2.45, 2.75) is 6.04 Å². The molecule has 28 heavy (non-hydrogen) atoms. The van der Waals surface area contributed by atoms with Gasteiger partial charge in [-0.2, -0.15) is 0 Å². The van der Waals surface area contributed by atoms with E-state index in [0.29, 0.717) is 32.1 Å². The quantitative estimate of drug-likeness (QED) is 0.817. The maximum absolute atomic E-state index is 13.4. The van der Waals surface area contributed by atoms with Crippen molar-refractivity contribution in [3.05, 3.63) is 60.2 Å². The first-order chi connectivity index (χ1) is 13.7. The molecule has 0 saturated carbocycles. The van der Waals surface area contributed by atoms with Crippen molar-refractivity contribution >= 4 is 11.6 Å². The maximum atomic E-state index is 13.4. The number of hydrogen-bond donors (Lipinski definition) is 2. The zero-order valence-corrected chi connectivity index (χ0v) is 16.1. The van der Waals surface area contributed by atoms with Gasteiger partial charge >= 0.3 is 0 Å². The summed E-state index contributed by atoms with van der Waals surface area (Å²) in [6.07, 6.45) is 0. The van der Waals surface area contributed by atoms with Crippen molar-refractivity contribution in [1.82, 2.24) is 4.90 Å². The molecular weight excluding hydrogens is 354 g/mol. The number of phenolic OH excluding ortho intramolecular Hbond substituents is 1. The molecule has 1 amide bonds. The fourth-order valence-electron chi connectivity index (χ4n) is 4.22. The number of piperazine rings is 1. The first-order valence-electron chi connectivity index (χ1n) is 10.0. The van der Waals surface area contributed by atoms with E-state index in [2.05, 4.69) is 17.0 Å². The summed E-state index contributed by atoms with van der Waals surface area (Å²) in [6, 6.07) is 17.4. The average molecular weight is 382 g/mol. The zero-order chi connectivity index (χ0) is 19.3. The molecule has 6 nitrogen and oxygen atoms in total. The Balaban J connectivity index is 1.51. The van der Waals surface area contributed by atoms with E-state index in [-0.39, 0.29) is 11.9 Å². The molecule has 2 aliphatic rings. The van der Waals surface area contributed by atoms with Gasteiger partial charge in [-0.1, -0.05) is 42.5 Å². The smallest absolute Gasteiger partial charge is 0.285 e. The lowest BCUT2D eigenvalue weighted by atomic mass is 10.0. The molecule has 148 valence electrons. The topological polar surface area (TPSA) is 57.5 Å². The van der Waals surface area contributed by atoms with Gasteiger partial charge in [-0.3, -0.25) is 4.79 Å². The van der Waals surface area contributed by atoms with Crippen LogP contribution in [0.5, 0.6) is 5.75 Å². The number of nitrogens with zero attached hydrogens (tertiary/aromatic N) is 2. The SMILES string of the molecule is O=C([C@H](c1ccccc1)[NH+]1CCN(c2ccccc2O)CC1)N1CCOCC1. The highest BCUT2D eigenvalue weighted by atomic mass is 16.5. The molecule has 0 radical (unpaired) electrons. The molecule has 1 atom stereocenters. The first-order valence-corrected chi connectivity index (χ1v) is 10.0. The van der Waals surface area contributed by atoms with Crippen LogP contribution in [0.2, 0.25) is 0 Å². The van der Waals surface area contributed by atoms with E-state index in [1.807, 2.05) is 41.3 Å². The Hall–Kier alpha value is -2.57. The number of quaternary nitrogens is 1. The van der Waals surface area contributed by atoms with Crippen LogP contribution in [0, 0.1) is 0 Å². The minimum absolute atomic E-state index is 0.189. The van der Waals surface area contributed by atoms with Gasteiger partial charge in [-0.05, 0) is 12.1 Å². The Labute approximate surface area is 165 Å². The standard InChI is InChI=1S/C22H27N3O3/c26-20-9-5-4-8-19(20)23-10-12-24(13-11-23)21(18-6-2-1-3-7-18)22(27)25-14-16-28-17-15-25/h1-9,21,26H,10-17H2/p+1/t21-/m0/s1. The fourth-order valence-corrected chi connectivity index (χ4v) is 4.22. The minimum atomic E-state index is -0.189. The van der Waals surface area contributed by atoms with Crippen molar-refractivity contribution in [3.8, 4) is 5.75 Å². The van der Waals surface area contributed by atoms with Crippen molar-refractivity contribution in [1.29, 1.82) is 0 Å². The van der Waals surface area contributed by atoms with Crippen LogP contribution in [0.4, 0.5) is 5.69 Å². The number of aromatic hydroxyl groups is 1. The van der Waals surface area contributed by atoms with E-state index in [9.17, 15) is 9.90 Å². The summed E-state index contributed by atoms with van der Waals surface area (Å²) < 4.78 is 5.42. The molecule has 2 N–H and O–H groups in total. The van der Waals surface area contributed by atoms with Crippen molar-refractivity contribution in [2.24, 2.45) is 0 Å². The molecule has 0 bridgehead atoms. The van der Waals surface area contributed by atoms with Gasteiger partial charge in [0.1, 0.15) is 5.75 Å². The molecular formula is C22H28N3O3+. The van der Waals surface area contributed by atoms with Gasteiger partial charge in [-0.15, -0.1) is 0 Å². The first kappa shape index (κ1) is 18.8. The van der Waals surface area contributed by atoms with Crippen molar-refractivity contribution in [3.63, 3.8) is 0 Å². The fraction of sp³-hybridized carbons (Fsp3) is 0.409. The van der Waals surface area contributed by atoms with Crippen molar-refractivity contribution in [2.75, 3.05) is 57.4 Å². The number of amides is 1. The number of benzene rings is 2. The summed E-state index contributed by atoms with van der Waals surface area (Å²) in [5, 5.41) is 10.2. The molecule has 0 aromatic heterocycles. The number of rotatable bonds is 4. The lowest BCUT2D eigenvalue weighted by Gasteiger charge is -2.39. The molecule has 4 rings (SSSR count). The van der Waals surface area contributed by atoms with Gasteiger partial charge in [0.25, 0.3) is 5.91 Å². The van der Waals surface area contributed by atoms with Crippen LogP contribution in [0.3, 0.4) is 0 Å². The highest BCUT2D eigenvalue weighted by molar-refractivity contribution is 5.82. The van der Waals surface area contributed by atoms with Crippen LogP contribution in [-0.2, 0) is 9.53 Å². The summed E-state index contributed by atoms with van der Waals surface area (Å²) in [5.74, 6) is 0.510. The van der Waals surface area contributed by atoms with Crippen LogP contribution in [0.25, 0.3) is 0 Å². The van der Waals surface area contributed by atoms with Crippen LogP contribution in [0.15, 0.2) is 54.6 Å². The molecule has 0 spiro atoms. The molecule has 2 fully saturated rings. The molecule has 2 aromatic rings. The lowest BCUT2D eigenvalue weighted by molar-refractivity contribution is -0.923. The molecule has 2 saturated heterocycles. The summed E-state index contributed by atoms with van der Waals surface area (Å²) in [7, 11) is 0. The second-order valence-electron chi connectivity index (χ2n) is 7.42. The molecule has 6 heteroatoms. The average Bonchev–Trinajstić information content (AvgIpc) is 2.76. The Bertz CT molecular complexity index is 785. The van der Waals surface area contributed by atoms with Crippen LogP contribution >= 0.6 is 0 Å². The number of ether oxygens (including phenoxy) is 1. The van der Waals surface area contributed by atoms with E-state index < -0.39 is 0 Å². The molecule has 2 aromatic carbocycles. The van der Waals surface area contributed by atoms with Gasteiger partial charge in [0.15, 0.2) is 6.04 Å². The second kappa shape index (κ2) is 8.63. The summed E-state index contributed by atoms with van der Waals surface area (Å²) in [4.78, 5) is 18.8. The third-order valence-electron chi connectivity index (χ3n) is 5.74. The number of hydrogen-bond acceptors (Lipinski definition) is 4. The van der Waals surface area contributed by atoms with Gasteiger partial charge in [0.05, 0.1) is 45.1 Å². The molecule has 0 unspecified atom stereocenters.